The summed E-state index contributed by atoms with van der Waals surface area (Å²) in [6, 6.07) is 4.32. The van der Waals surface area contributed by atoms with Gasteiger partial charge in [0.2, 0.25) is 5.95 Å². The molecule has 29 heavy (non-hydrogen) atoms. The maximum Gasteiger partial charge on any atom is 0.359 e. The Kier molecular flexibility index (Phi) is 5.26. The van der Waals surface area contributed by atoms with E-state index in [0.29, 0.717) is 30.1 Å². The second kappa shape index (κ2) is 8.00. The lowest BCUT2D eigenvalue weighted by atomic mass is 10.1. The third-order valence-corrected chi connectivity index (χ3v) is 4.69. The molecule has 0 saturated carbocycles. The number of carbonyl (C=O) groups excluding carboxylic acids is 1. The van der Waals surface area contributed by atoms with E-state index in [1.54, 1.807) is 13.0 Å². The first-order chi connectivity index (χ1) is 14.1. The summed E-state index contributed by atoms with van der Waals surface area (Å²) < 4.78 is 25.7. The van der Waals surface area contributed by atoms with Crippen LogP contribution in [0.5, 0.6) is 0 Å². The molecule has 0 amide bonds. The largest absolute Gasteiger partial charge is 0.461 e. The molecule has 2 aromatic heterocycles. The van der Waals surface area contributed by atoms with E-state index < -0.39 is 11.8 Å². The zero-order valence-corrected chi connectivity index (χ0v) is 15.9. The molecule has 4 rings (SSSR count). The number of carbonyl (C=O) groups is 1. The maximum atomic E-state index is 13.8. The third-order valence-electron chi connectivity index (χ3n) is 4.69. The summed E-state index contributed by atoms with van der Waals surface area (Å²) in [7, 11) is 0. The van der Waals surface area contributed by atoms with Crippen LogP contribution in [0.4, 0.5) is 15.9 Å². The zero-order chi connectivity index (χ0) is 20.4. The van der Waals surface area contributed by atoms with Gasteiger partial charge in [-0.1, -0.05) is 0 Å². The normalized spacial score (nSPS) is 14.8. The smallest absolute Gasteiger partial charge is 0.359 e. The molecule has 152 valence electrons. The number of halogens is 1. The fourth-order valence-corrected chi connectivity index (χ4v) is 3.21. The zero-order valence-electron chi connectivity index (χ0n) is 15.9. The molecule has 3 heterocycles. The molecule has 3 aromatic rings. The number of rotatable bonds is 5. The Morgan fingerprint density at radius 3 is 2.93 bits per heavy atom. The van der Waals surface area contributed by atoms with Crippen molar-refractivity contribution in [1.29, 1.82) is 0 Å². The minimum atomic E-state index is -0.653. The van der Waals surface area contributed by atoms with Gasteiger partial charge in [-0.15, -0.1) is 0 Å². The molecule has 0 radical (unpaired) electrons. The topological polar surface area (TPSA) is 117 Å². The SMILES string of the molecule is CCOC(=O)c1nc(-n2cnc3ccc(F)cc32)nc(NC2CCOCC2)c1N. The second-order valence-electron chi connectivity index (χ2n) is 6.63. The van der Waals surface area contributed by atoms with Crippen LogP contribution in [0.2, 0.25) is 0 Å². The molecular weight excluding hydrogens is 379 g/mol. The Morgan fingerprint density at radius 2 is 2.17 bits per heavy atom. The summed E-state index contributed by atoms with van der Waals surface area (Å²) >= 11 is 0. The first kappa shape index (κ1) is 19.1. The molecular formula is C19H21FN6O3. The number of imidazole rings is 1. The molecule has 1 aliphatic heterocycles. The van der Waals surface area contributed by atoms with Crippen molar-refractivity contribution in [2.24, 2.45) is 0 Å². The van der Waals surface area contributed by atoms with Crippen LogP contribution in [0.25, 0.3) is 17.0 Å². The molecule has 0 atom stereocenters. The molecule has 1 aliphatic rings. The number of hydrogen-bond acceptors (Lipinski definition) is 8. The van der Waals surface area contributed by atoms with Gasteiger partial charge >= 0.3 is 5.97 Å². The lowest BCUT2D eigenvalue weighted by Gasteiger charge is -2.24. The highest BCUT2D eigenvalue weighted by molar-refractivity contribution is 5.96. The van der Waals surface area contributed by atoms with Gasteiger partial charge in [-0.2, -0.15) is 4.98 Å². The number of nitrogens with one attached hydrogen (secondary N) is 1. The minimum absolute atomic E-state index is 0.0512. The van der Waals surface area contributed by atoms with Crippen molar-refractivity contribution in [3.63, 3.8) is 0 Å². The molecule has 1 aromatic carbocycles. The van der Waals surface area contributed by atoms with Crippen LogP contribution in [-0.4, -0.2) is 51.4 Å². The van der Waals surface area contributed by atoms with Crippen LogP contribution in [-0.2, 0) is 9.47 Å². The third kappa shape index (κ3) is 3.83. The van der Waals surface area contributed by atoms with E-state index in [-0.39, 0.29) is 30.0 Å². The van der Waals surface area contributed by atoms with E-state index in [9.17, 15) is 9.18 Å². The number of ether oxygens (including phenoxy) is 2. The molecule has 0 bridgehead atoms. The van der Waals surface area contributed by atoms with Gasteiger partial charge in [0.05, 0.1) is 17.6 Å². The molecule has 0 aliphatic carbocycles. The number of aromatic nitrogens is 4. The summed E-state index contributed by atoms with van der Waals surface area (Å²) in [4.78, 5) is 25.5. The van der Waals surface area contributed by atoms with E-state index in [0.717, 1.165) is 12.8 Å². The van der Waals surface area contributed by atoms with Crippen molar-refractivity contribution < 1.29 is 18.7 Å². The standard InChI is InChI=1S/C19H21FN6O3/c1-2-29-18(27)16-15(21)17(23-12-5-7-28-8-6-12)25-19(24-16)26-10-22-13-4-3-11(20)9-14(13)26/h3-4,9-10,12H,2,5-8,21H2,1H3,(H,23,24,25). The first-order valence-corrected chi connectivity index (χ1v) is 9.38. The van der Waals surface area contributed by atoms with Gasteiger partial charge in [0, 0.05) is 25.3 Å². The number of benzene rings is 1. The summed E-state index contributed by atoms with van der Waals surface area (Å²) in [5.41, 5.74) is 7.29. The lowest BCUT2D eigenvalue weighted by Crippen LogP contribution is -2.29. The molecule has 0 unspecified atom stereocenters. The number of nitrogens with zero attached hydrogens (tertiary/aromatic N) is 4. The number of esters is 1. The van der Waals surface area contributed by atoms with E-state index >= 15 is 0 Å². The number of nitrogens with two attached hydrogens (primary N) is 1. The van der Waals surface area contributed by atoms with Gasteiger partial charge in [-0.05, 0) is 31.9 Å². The predicted octanol–water partition coefficient (Wildman–Crippen LogP) is 2.30. The quantitative estimate of drug-likeness (QED) is 0.627. The highest BCUT2D eigenvalue weighted by Crippen LogP contribution is 2.26. The van der Waals surface area contributed by atoms with E-state index in [1.807, 2.05) is 0 Å². The molecule has 10 heteroatoms. The Hall–Kier alpha value is -3.27. The Bertz CT molecular complexity index is 1050. The Balaban J connectivity index is 1.81. The van der Waals surface area contributed by atoms with Crippen LogP contribution in [0, 0.1) is 5.82 Å². The van der Waals surface area contributed by atoms with Crippen LogP contribution in [0.3, 0.4) is 0 Å². The summed E-state index contributed by atoms with van der Waals surface area (Å²) in [6.45, 7) is 3.14. The van der Waals surface area contributed by atoms with Crippen molar-refractivity contribution in [2.45, 2.75) is 25.8 Å². The van der Waals surface area contributed by atoms with Gasteiger partial charge in [0.1, 0.15) is 17.8 Å². The molecule has 0 spiro atoms. The molecule has 1 fully saturated rings. The summed E-state index contributed by atoms with van der Waals surface area (Å²) in [6.07, 6.45) is 3.04. The Morgan fingerprint density at radius 1 is 1.38 bits per heavy atom. The highest BCUT2D eigenvalue weighted by atomic mass is 19.1. The van der Waals surface area contributed by atoms with Gasteiger partial charge in [0.25, 0.3) is 0 Å². The van der Waals surface area contributed by atoms with Gasteiger partial charge < -0.3 is 20.5 Å². The van der Waals surface area contributed by atoms with E-state index in [1.165, 1.54) is 23.0 Å². The highest BCUT2D eigenvalue weighted by Gasteiger charge is 2.23. The Labute approximate surface area is 166 Å². The second-order valence-corrected chi connectivity index (χ2v) is 6.63. The molecule has 9 nitrogen and oxygen atoms in total. The average molecular weight is 400 g/mol. The van der Waals surface area contributed by atoms with Crippen molar-refractivity contribution >= 4 is 28.5 Å². The number of nitrogen functional groups attached to an aromatic ring is 1. The fourth-order valence-electron chi connectivity index (χ4n) is 3.21. The van der Waals surface area contributed by atoms with Gasteiger partial charge in [-0.3, -0.25) is 4.57 Å². The van der Waals surface area contributed by atoms with Crippen molar-refractivity contribution in [1.82, 2.24) is 19.5 Å². The number of fused-ring (bicyclic) bond motifs is 1. The van der Waals surface area contributed by atoms with Crippen LogP contribution >= 0.6 is 0 Å². The predicted molar refractivity (Wildman–Crippen MR) is 104 cm³/mol. The summed E-state index contributed by atoms with van der Waals surface area (Å²) in [5.74, 6) is -0.603. The summed E-state index contributed by atoms with van der Waals surface area (Å²) in [5, 5.41) is 3.28. The fraction of sp³-hybridized carbons (Fsp3) is 0.368. The van der Waals surface area contributed by atoms with Gasteiger partial charge in [0.15, 0.2) is 11.5 Å². The van der Waals surface area contributed by atoms with Crippen molar-refractivity contribution in [2.75, 3.05) is 30.9 Å². The molecule has 3 N–H and O–H groups in total. The average Bonchev–Trinajstić information content (AvgIpc) is 3.13. The van der Waals surface area contributed by atoms with Crippen LogP contribution in [0.15, 0.2) is 24.5 Å². The van der Waals surface area contributed by atoms with E-state index in [4.69, 9.17) is 15.2 Å². The van der Waals surface area contributed by atoms with Crippen LogP contribution in [0.1, 0.15) is 30.3 Å². The lowest BCUT2D eigenvalue weighted by molar-refractivity contribution is 0.0520. The molecule has 1 saturated heterocycles. The minimum Gasteiger partial charge on any atom is -0.461 e. The monoisotopic (exact) mass is 400 g/mol. The van der Waals surface area contributed by atoms with E-state index in [2.05, 4.69) is 20.3 Å². The number of hydrogen-bond donors (Lipinski definition) is 2. The maximum absolute atomic E-state index is 13.8. The first-order valence-electron chi connectivity index (χ1n) is 9.38. The van der Waals surface area contributed by atoms with Gasteiger partial charge in [-0.25, -0.2) is 19.2 Å². The van der Waals surface area contributed by atoms with Crippen molar-refractivity contribution in [3.8, 4) is 5.95 Å². The van der Waals surface area contributed by atoms with Crippen LogP contribution < -0.4 is 11.1 Å². The van der Waals surface area contributed by atoms with Crippen molar-refractivity contribution in [3.05, 3.63) is 36.0 Å². The number of anilines is 2.